The molecular formula is C17H17BrN2. The van der Waals surface area contributed by atoms with Gasteiger partial charge < -0.3 is 5.32 Å². The van der Waals surface area contributed by atoms with Crippen LogP contribution < -0.4 is 5.32 Å². The monoisotopic (exact) mass is 328 g/mol. The lowest BCUT2D eigenvalue weighted by Crippen LogP contribution is -2.22. The first kappa shape index (κ1) is 14.8. The number of nitrogens with zero attached hydrogens (tertiary/aromatic N) is 1. The number of halogens is 1. The van der Waals surface area contributed by atoms with E-state index in [1.807, 2.05) is 36.4 Å². The van der Waals surface area contributed by atoms with Crippen LogP contribution in [0.15, 0.2) is 53.0 Å². The molecule has 0 aliphatic rings. The molecule has 0 fully saturated rings. The Balaban J connectivity index is 2.11. The Kier molecular flexibility index (Phi) is 4.94. The molecule has 2 rings (SSSR count). The molecule has 2 atom stereocenters. The summed E-state index contributed by atoms with van der Waals surface area (Å²) < 4.78 is 1.09. The van der Waals surface area contributed by atoms with Crippen molar-refractivity contribution in [2.45, 2.75) is 25.9 Å². The van der Waals surface area contributed by atoms with Crippen molar-refractivity contribution in [1.29, 1.82) is 5.26 Å². The van der Waals surface area contributed by atoms with Crippen LogP contribution in [0.25, 0.3) is 0 Å². The molecule has 0 amide bonds. The van der Waals surface area contributed by atoms with Crippen molar-refractivity contribution in [1.82, 2.24) is 5.32 Å². The standard InChI is InChI=1S/C17H17BrN2/c1-12(15-6-3-5-14(9-15)11-19)20-13(2)16-7-4-8-17(18)10-16/h3-10,12-13,20H,1-2H3/t12?,13-/m0/s1. The lowest BCUT2D eigenvalue weighted by atomic mass is 10.0. The third kappa shape index (κ3) is 3.69. The van der Waals surface area contributed by atoms with Crippen LogP contribution in [-0.4, -0.2) is 0 Å². The van der Waals surface area contributed by atoms with Crippen molar-refractivity contribution in [2.24, 2.45) is 0 Å². The fourth-order valence-electron chi connectivity index (χ4n) is 2.22. The van der Waals surface area contributed by atoms with E-state index in [4.69, 9.17) is 5.26 Å². The summed E-state index contributed by atoms with van der Waals surface area (Å²) in [7, 11) is 0. The molecule has 1 N–H and O–H groups in total. The zero-order valence-electron chi connectivity index (χ0n) is 11.6. The van der Waals surface area contributed by atoms with Gasteiger partial charge in [0.25, 0.3) is 0 Å². The van der Waals surface area contributed by atoms with Crippen LogP contribution in [0.4, 0.5) is 0 Å². The minimum absolute atomic E-state index is 0.192. The van der Waals surface area contributed by atoms with Crippen LogP contribution in [0.5, 0.6) is 0 Å². The van der Waals surface area contributed by atoms with E-state index < -0.39 is 0 Å². The molecule has 0 saturated heterocycles. The highest BCUT2D eigenvalue weighted by Crippen LogP contribution is 2.22. The van der Waals surface area contributed by atoms with Crippen molar-refractivity contribution in [3.05, 3.63) is 69.7 Å². The first-order valence-corrected chi connectivity index (χ1v) is 7.41. The van der Waals surface area contributed by atoms with E-state index >= 15 is 0 Å². The molecule has 0 radical (unpaired) electrons. The summed E-state index contributed by atoms with van der Waals surface area (Å²) in [5.74, 6) is 0. The molecule has 20 heavy (non-hydrogen) atoms. The van der Waals surface area contributed by atoms with Crippen LogP contribution in [0.1, 0.15) is 42.6 Å². The summed E-state index contributed by atoms with van der Waals surface area (Å²) in [6, 6.07) is 18.7. The van der Waals surface area contributed by atoms with Gasteiger partial charge in [-0.1, -0.05) is 40.2 Å². The second-order valence-corrected chi connectivity index (χ2v) is 5.82. The topological polar surface area (TPSA) is 35.8 Å². The van der Waals surface area contributed by atoms with Gasteiger partial charge in [-0.05, 0) is 49.2 Å². The molecule has 0 heterocycles. The van der Waals surface area contributed by atoms with Crippen molar-refractivity contribution in [2.75, 3.05) is 0 Å². The zero-order chi connectivity index (χ0) is 14.5. The highest BCUT2D eigenvalue weighted by molar-refractivity contribution is 9.10. The largest absolute Gasteiger partial charge is 0.304 e. The fraction of sp³-hybridized carbons (Fsp3) is 0.235. The third-order valence-corrected chi connectivity index (χ3v) is 3.86. The molecule has 0 aromatic heterocycles. The van der Waals surface area contributed by atoms with Gasteiger partial charge in [0.15, 0.2) is 0 Å². The van der Waals surface area contributed by atoms with Crippen LogP contribution in [-0.2, 0) is 0 Å². The van der Waals surface area contributed by atoms with Crippen LogP contribution >= 0.6 is 15.9 Å². The number of benzene rings is 2. The lowest BCUT2D eigenvalue weighted by Gasteiger charge is -2.21. The second kappa shape index (κ2) is 6.69. The summed E-state index contributed by atoms with van der Waals surface area (Å²) in [6.07, 6.45) is 0. The Morgan fingerprint density at radius 2 is 1.60 bits per heavy atom. The van der Waals surface area contributed by atoms with Crippen molar-refractivity contribution in [3.63, 3.8) is 0 Å². The molecule has 2 nitrogen and oxygen atoms in total. The Hall–Kier alpha value is -1.63. The normalized spacial score (nSPS) is 13.5. The first-order valence-electron chi connectivity index (χ1n) is 6.61. The smallest absolute Gasteiger partial charge is 0.0991 e. The summed E-state index contributed by atoms with van der Waals surface area (Å²) in [6.45, 7) is 4.26. The average molecular weight is 329 g/mol. The van der Waals surface area contributed by atoms with Gasteiger partial charge in [-0.2, -0.15) is 5.26 Å². The van der Waals surface area contributed by atoms with E-state index in [9.17, 15) is 0 Å². The molecule has 3 heteroatoms. The molecule has 2 aromatic rings. The molecule has 102 valence electrons. The zero-order valence-corrected chi connectivity index (χ0v) is 13.2. The molecular weight excluding hydrogens is 312 g/mol. The Labute approximate surface area is 128 Å². The van der Waals surface area contributed by atoms with E-state index in [2.05, 4.69) is 53.3 Å². The first-order chi connectivity index (χ1) is 9.60. The molecule has 1 unspecified atom stereocenters. The number of rotatable bonds is 4. The van der Waals surface area contributed by atoms with E-state index in [0.717, 1.165) is 10.0 Å². The Morgan fingerprint density at radius 3 is 2.20 bits per heavy atom. The Bertz CT molecular complexity index is 631. The van der Waals surface area contributed by atoms with Gasteiger partial charge in [-0.15, -0.1) is 0 Å². The predicted molar refractivity (Wildman–Crippen MR) is 85.3 cm³/mol. The summed E-state index contributed by atoms with van der Waals surface area (Å²) in [4.78, 5) is 0. The van der Waals surface area contributed by atoms with Gasteiger partial charge in [-0.25, -0.2) is 0 Å². The van der Waals surface area contributed by atoms with Crippen molar-refractivity contribution in [3.8, 4) is 6.07 Å². The van der Waals surface area contributed by atoms with Crippen LogP contribution in [0.3, 0.4) is 0 Å². The van der Waals surface area contributed by atoms with Gasteiger partial charge in [0.2, 0.25) is 0 Å². The maximum absolute atomic E-state index is 8.96. The minimum atomic E-state index is 0.192. The molecule has 2 aromatic carbocycles. The van der Waals surface area contributed by atoms with Crippen molar-refractivity contribution < 1.29 is 0 Å². The van der Waals surface area contributed by atoms with E-state index in [0.29, 0.717) is 5.56 Å². The SMILES string of the molecule is CC(N[C@@H](C)c1cccc(Br)c1)c1cccc(C#N)c1. The summed E-state index contributed by atoms with van der Waals surface area (Å²) in [5, 5.41) is 12.5. The Morgan fingerprint density at radius 1 is 1.00 bits per heavy atom. The van der Waals surface area contributed by atoms with E-state index in [1.165, 1.54) is 5.56 Å². The summed E-state index contributed by atoms with van der Waals surface area (Å²) >= 11 is 3.50. The van der Waals surface area contributed by atoms with Gasteiger partial charge in [0.1, 0.15) is 0 Å². The summed E-state index contributed by atoms with van der Waals surface area (Å²) in [5.41, 5.74) is 3.07. The number of nitrogens with one attached hydrogen (secondary N) is 1. The van der Waals surface area contributed by atoms with E-state index in [-0.39, 0.29) is 12.1 Å². The third-order valence-electron chi connectivity index (χ3n) is 3.36. The number of hydrogen-bond donors (Lipinski definition) is 1. The maximum Gasteiger partial charge on any atom is 0.0991 e. The van der Waals surface area contributed by atoms with Crippen LogP contribution in [0.2, 0.25) is 0 Å². The van der Waals surface area contributed by atoms with Gasteiger partial charge in [-0.3, -0.25) is 0 Å². The minimum Gasteiger partial charge on any atom is -0.304 e. The van der Waals surface area contributed by atoms with Gasteiger partial charge in [0.05, 0.1) is 11.6 Å². The molecule has 0 aliphatic carbocycles. The van der Waals surface area contributed by atoms with Crippen molar-refractivity contribution >= 4 is 15.9 Å². The highest BCUT2D eigenvalue weighted by atomic mass is 79.9. The molecule has 0 spiro atoms. The molecule has 0 saturated carbocycles. The van der Waals surface area contributed by atoms with Crippen LogP contribution in [0, 0.1) is 11.3 Å². The van der Waals surface area contributed by atoms with Gasteiger partial charge >= 0.3 is 0 Å². The average Bonchev–Trinajstić information content (AvgIpc) is 2.47. The molecule has 0 aliphatic heterocycles. The molecule has 0 bridgehead atoms. The fourth-order valence-corrected chi connectivity index (χ4v) is 2.64. The van der Waals surface area contributed by atoms with E-state index in [1.54, 1.807) is 0 Å². The lowest BCUT2D eigenvalue weighted by molar-refractivity contribution is 0.494. The maximum atomic E-state index is 8.96. The quantitative estimate of drug-likeness (QED) is 0.880. The van der Waals surface area contributed by atoms with Gasteiger partial charge in [0, 0.05) is 16.6 Å². The number of hydrogen-bond acceptors (Lipinski definition) is 2. The predicted octanol–water partition coefficient (Wildman–Crippen LogP) is 4.73. The second-order valence-electron chi connectivity index (χ2n) is 4.90. The highest BCUT2D eigenvalue weighted by Gasteiger charge is 2.11. The number of nitriles is 1.